The van der Waals surface area contributed by atoms with Gasteiger partial charge in [0, 0.05) is 6.54 Å². The van der Waals surface area contributed by atoms with Crippen LogP contribution in [0.5, 0.6) is 5.75 Å². The normalized spacial score (nSPS) is 10.8. The maximum Gasteiger partial charge on any atom is 0.234 e. The van der Waals surface area contributed by atoms with Crippen LogP contribution in [-0.4, -0.2) is 26.4 Å². The van der Waals surface area contributed by atoms with E-state index in [2.05, 4.69) is 28.2 Å². The van der Waals surface area contributed by atoms with Gasteiger partial charge in [-0.05, 0) is 68.1 Å². The zero-order valence-electron chi connectivity index (χ0n) is 18.7. The maximum atomic E-state index is 12.5. The van der Waals surface area contributed by atoms with Crippen LogP contribution in [0.3, 0.4) is 0 Å². The first-order valence-electron chi connectivity index (χ1n) is 10.2. The Kier molecular flexibility index (Phi) is 7.99. The fourth-order valence-corrected chi connectivity index (χ4v) is 4.52. The van der Waals surface area contributed by atoms with Gasteiger partial charge in [0.15, 0.2) is 11.0 Å². The molecule has 1 aromatic heterocycles. The summed E-state index contributed by atoms with van der Waals surface area (Å²) < 4.78 is 7.83. The van der Waals surface area contributed by atoms with E-state index in [9.17, 15) is 4.79 Å². The van der Waals surface area contributed by atoms with Gasteiger partial charge >= 0.3 is 0 Å². The van der Waals surface area contributed by atoms with E-state index in [0.717, 1.165) is 28.0 Å². The Labute approximate surface area is 198 Å². The average molecular weight is 471 g/mol. The fraction of sp³-hybridized carbons (Fsp3) is 0.292. The van der Waals surface area contributed by atoms with Crippen molar-refractivity contribution in [1.82, 2.24) is 14.8 Å². The number of nitrogens with zero attached hydrogens (tertiary/aromatic N) is 3. The highest BCUT2D eigenvalue weighted by Crippen LogP contribution is 2.28. The molecule has 0 aliphatic carbocycles. The summed E-state index contributed by atoms with van der Waals surface area (Å²) in [6, 6.07) is 9.88. The lowest BCUT2D eigenvalue weighted by Crippen LogP contribution is -2.16. The third-order valence-electron chi connectivity index (χ3n) is 4.70. The van der Waals surface area contributed by atoms with Crippen molar-refractivity contribution in [3.8, 4) is 5.75 Å². The van der Waals surface area contributed by atoms with Crippen molar-refractivity contribution < 1.29 is 9.53 Å². The predicted octanol–water partition coefficient (Wildman–Crippen LogP) is 5.66. The molecule has 0 unspecified atom stereocenters. The Balaban J connectivity index is 1.66. The molecule has 168 valence electrons. The van der Waals surface area contributed by atoms with E-state index in [1.165, 1.54) is 11.8 Å². The SMILES string of the molecule is C=CCn1c(COc2cc(C)cc(C)c2)nnc1SCC(=O)Nc1c(C)cc(C)cc1Cl. The molecule has 1 amide bonds. The molecule has 0 bridgehead atoms. The van der Waals surface area contributed by atoms with Gasteiger partial charge in [0.25, 0.3) is 0 Å². The smallest absolute Gasteiger partial charge is 0.234 e. The highest BCUT2D eigenvalue weighted by atomic mass is 35.5. The molecule has 0 aliphatic rings. The van der Waals surface area contributed by atoms with Crippen molar-refractivity contribution in [1.29, 1.82) is 0 Å². The molecule has 0 saturated heterocycles. The Hall–Kier alpha value is -2.77. The van der Waals surface area contributed by atoms with Gasteiger partial charge in [0.05, 0.1) is 16.5 Å². The third-order valence-corrected chi connectivity index (χ3v) is 5.96. The molecule has 3 rings (SSSR count). The van der Waals surface area contributed by atoms with E-state index in [1.54, 1.807) is 6.08 Å². The summed E-state index contributed by atoms with van der Waals surface area (Å²) in [4.78, 5) is 12.5. The van der Waals surface area contributed by atoms with Gasteiger partial charge in [-0.1, -0.05) is 41.6 Å². The number of halogens is 1. The number of carbonyl (C=O) groups is 1. The standard InChI is InChI=1S/C24H27ClN4O2S/c1-6-7-29-21(13-31-19-10-15(2)8-16(3)11-19)27-28-24(29)32-14-22(30)26-23-18(5)9-17(4)12-20(23)25/h6,8-12H,1,7,13-14H2,2-5H3,(H,26,30). The Morgan fingerprint density at radius 2 is 1.81 bits per heavy atom. The van der Waals surface area contributed by atoms with Gasteiger partial charge in [0.2, 0.25) is 5.91 Å². The molecule has 0 atom stereocenters. The number of aromatic nitrogens is 3. The van der Waals surface area contributed by atoms with Crippen LogP contribution in [0, 0.1) is 27.7 Å². The van der Waals surface area contributed by atoms with Gasteiger partial charge in [-0.25, -0.2) is 0 Å². The van der Waals surface area contributed by atoms with Gasteiger partial charge in [-0.2, -0.15) is 0 Å². The maximum absolute atomic E-state index is 12.5. The lowest BCUT2D eigenvalue weighted by molar-refractivity contribution is -0.113. The van der Waals surface area contributed by atoms with Crippen LogP contribution >= 0.6 is 23.4 Å². The zero-order chi connectivity index (χ0) is 23.3. The zero-order valence-corrected chi connectivity index (χ0v) is 20.3. The number of allylic oxidation sites excluding steroid dienone is 1. The van der Waals surface area contributed by atoms with Crippen molar-refractivity contribution in [2.75, 3.05) is 11.1 Å². The van der Waals surface area contributed by atoms with Crippen molar-refractivity contribution in [3.63, 3.8) is 0 Å². The summed E-state index contributed by atoms with van der Waals surface area (Å²) in [7, 11) is 0. The highest BCUT2D eigenvalue weighted by molar-refractivity contribution is 7.99. The number of rotatable bonds is 9. The second-order valence-corrected chi connectivity index (χ2v) is 9.04. The van der Waals surface area contributed by atoms with Gasteiger partial charge < -0.3 is 10.1 Å². The largest absolute Gasteiger partial charge is 0.486 e. The number of anilines is 1. The summed E-state index contributed by atoms with van der Waals surface area (Å²) in [5.74, 6) is 1.47. The molecule has 0 saturated carbocycles. The molecule has 1 heterocycles. The van der Waals surface area contributed by atoms with Crippen LogP contribution in [0.2, 0.25) is 5.02 Å². The molecular weight excluding hydrogens is 444 g/mol. The number of benzene rings is 2. The molecule has 0 fully saturated rings. The van der Waals surface area contributed by atoms with Crippen molar-refractivity contribution in [2.45, 2.75) is 46.0 Å². The van der Waals surface area contributed by atoms with Gasteiger partial charge in [-0.15, -0.1) is 16.8 Å². The van der Waals surface area contributed by atoms with Crippen molar-refractivity contribution in [2.24, 2.45) is 0 Å². The fourth-order valence-electron chi connectivity index (χ4n) is 3.39. The van der Waals surface area contributed by atoms with Crippen LogP contribution in [0.25, 0.3) is 0 Å². The topological polar surface area (TPSA) is 69.0 Å². The van der Waals surface area contributed by atoms with Crippen molar-refractivity contribution in [3.05, 3.63) is 76.1 Å². The second-order valence-electron chi connectivity index (χ2n) is 7.69. The van der Waals surface area contributed by atoms with Crippen LogP contribution in [0.4, 0.5) is 5.69 Å². The number of aryl methyl sites for hydroxylation is 4. The first-order valence-corrected chi connectivity index (χ1v) is 11.6. The highest BCUT2D eigenvalue weighted by Gasteiger charge is 2.15. The summed E-state index contributed by atoms with van der Waals surface area (Å²) in [5, 5.41) is 12.6. The van der Waals surface area contributed by atoms with Crippen LogP contribution in [-0.2, 0) is 17.9 Å². The first-order chi connectivity index (χ1) is 15.3. The third kappa shape index (κ3) is 6.14. The number of hydrogen-bond acceptors (Lipinski definition) is 5. The summed E-state index contributed by atoms with van der Waals surface area (Å²) in [6.45, 7) is 12.6. The molecule has 0 radical (unpaired) electrons. The number of thioether (sulfide) groups is 1. The monoisotopic (exact) mass is 470 g/mol. The number of hydrogen-bond donors (Lipinski definition) is 1. The summed E-state index contributed by atoms with van der Waals surface area (Å²) in [5.41, 5.74) is 4.89. The van der Waals surface area contributed by atoms with E-state index in [-0.39, 0.29) is 18.3 Å². The number of ether oxygens (including phenoxy) is 1. The molecular formula is C24H27ClN4O2S. The molecule has 0 aliphatic heterocycles. The molecule has 3 aromatic rings. The van der Waals surface area contributed by atoms with Gasteiger partial charge in [-0.3, -0.25) is 9.36 Å². The van der Waals surface area contributed by atoms with Crippen LogP contribution < -0.4 is 10.1 Å². The lowest BCUT2D eigenvalue weighted by Gasteiger charge is -2.12. The molecule has 2 aromatic carbocycles. The molecule has 0 spiro atoms. The van der Waals surface area contributed by atoms with E-state index >= 15 is 0 Å². The summed E-state index contributed by atoms with van der Waals surface area (Å²) >= 11 is 7.61. The average Bonchev–Trinajstić information content (AvgIpc) is 3.09. The minimum Gasteiger partial charge on any atom is -0.486 e. The summed E-state index contributed by atoms with van der Waals surface area (Å²) in [6.07, 6.45) is 1.77. The Morgan fingerprint density at radius 3 is 2.47 bits per heavy atom. The van der Waals surface area contributed by atoms with Crippen LogP contribution in [0.1, 0.15) is 28.1 Å². The first kappa shape index (κ1) is 23.9. The molecule has 32 heavy (non-hydrogen) atoms. The molecule has 6 nitrogen and oxygen atoms in total. The minimum absolute atomic E-state index is 0.162. The number of nitrogens with one attached hydrogen (secondary N) is 1. The van der Waals surface area contributed by atoms with E-state index < -0.39 is 0 Å². The minimum atomic E-state index is -0.162. The number of carbonyl (C=O) groups excluding carboxylic acids is 1. The lowest BCUT2D eigenvalue weighted by atomic mass is 10.1. The van der Waals surface area contributed by atoms with E-state index in [1.807, 2.05) is 56.5 Å². The quantitative estimate of drug-likeness (QED) is 0.322. The predicted molar refractivity (Wildman–Crippen MR) is 131 cm³/mol. The number of amides is 1. The van der Waals surface area contributed by atoms with Crippen molar-refractivity contribution >= 4 is 35.0 Å². The molecule has 8 heteroatoms. The van der Waals surface area contributed by atoms with Gasteiger partial charge in [0.1, 0.15) is 12.4 Å². The Bertz CT molecular complexity index is 1100. The molecule has 1 N–H and O–H groups in total. The Morgan fingerprint density at radius 1 is 1.12 bits per heavy atom. The van der Waals surface area contributed by atoms with Crippen LogP contribution in [0.15, 0.2) is 48.1 Å². The van der Waals surface area contributed by atoms with E-state index in [4.69, 9.17) is 16.3 Å². The van der Waals surface area contributed by atoms with E-state index in [0.29, 0.717) is 28.2 Å². The second kappa shape index (κ2) is 10.7.